The van der Waals surface area contributed by atoms with Crippen LogP contribution in [0.5, 0.6) is 5.75 Å². The quantitative estimate of drug-likeness (QED) is 0.293. The van der Waals surface area contributed by atoms with Gasteiger partial charge in [-0.25, -0.2) is 9.97 Å². The number of benzene rings is 2. The summed E-state index contributed by atoms with van der Waals surface area (Å²) in [7, 11) is 0. The first-order valence-corrected chi connectivity index (χ1v) is 12.8. The molecule has 1 aliphatic rings. The number of amides is 1. The van der Waals surface area contributed by atoms with E-state index in [4.69, 9.17) is 32.8 Å². The predicted octanol–water partition coefficient (Wildman–Crippen LogP) is 4.60. The first kappa shape index (κ1) is 25.1. The van der Waals surface area contributed by atoms with E-state index < -0.39 is 16.9 Å². The number of thiazole rings is 1. The van der Waals surface area contributed by atoms with Crippen LogP contribution < -0.4 is 16.2 Å². The number of aliphatic hydroxyl groups is 1. The summed E-state index contributed by atoms with van der Waals surface area (Å²) in [6.07, 6.45) is 0.181. The van der Waals surface area contributed by atoms with E-state index in [-0.39, 0.29) is 25.2 Å². The molecule has 0 fully saturated rings. The first-order chi connectivity index (χ1) is 17.5. The second-order valence-corrected chi connectivity index (χ2v) is 11.2. The number of halogens is 1. The van der Waals surface area contributed by atoms with Gasteiger partial charge in [-0.15, -0.1) is 0 Å². The van der Waals surface area contributed by atoms with Gasteiger partial charge in [0.1, 0.15) is 29.1 Å². The number of anilines is 1. The molecule has 0 saturated carbocycles. The monoisotopic (exact) mass is 536 g/mol. The van der Waals surface area contributed by atoms with Crippen LogP contribution in [-0.2, 0) is 15.8 Å². The Hall–Kier alpha value is -3.53. The molecule has 0 bridgehead atoms. The van der Waals surface area contributed by atoms with Crippen LogP contribution in [0.25, 0.3) is 21.5 Å². The molecule has 37 heavy (non-hydrogen) atoms. The zero-order valence-corrected chi connectivity index (χ0v) is 21.8. The lowest BCUT2D eigenvalue weighted by molar-refractivity contribution is -0.123. The van der Waals surface area contributed by atoms with E-state index in [1.54, 1.807) is 62.4 Å². The lowest BCUT2D eigenvalue weighted by Crippen LogP contribution is -2.40. The number of fused-ring (bicyclic) bond motifs is 2. The van der Waals surface area contributed by atoms with Crippen molar-refractivity contribution in [3.05, 3.63) is 70.4 Å². The van der Waals surface area contributed by atoms with Crippen molar-refractivity contribution in [3.8, 4) is 17.0 Å². The summed E-state index contributed by atoms with van der Waals surface area (Å²) in [5.41, 5.74) is 12.2. The van der Waals surface area contributed by atoms with Crippen molar-refractivity contribution in [2.24, 2.45) is 5.73 Å². The Bertz CT molecular complexity index is 1550. The SMILES string of the molecule is C[C@](O)(CCC(=O)c1ccc2nc(N)sc2c1)c1cc2c(c(-c3ccc(Cl)cc3)n1)OC[C@]2(C)C(N)=O. The van der Waals surface area contributed by atoms with Crippen LogP contribution in [0.4, 0.5) is 5.13 Å². The fourth-order valence-electron chi connectivity index (χ4n) is 4.41. The summed E-state index contributed by atoms with van der Waals surface area (Å²) in [5.74, 6) is -0.228. The highest BCUT2D eigenvalue weighted by Crippen LogP contribution is 2.46. The minimum Gasteiger partial charge on any atom is -0.489 e. The molecule has 3 heterocycles. The van der Waals surface area contributed by atoms with Gasteiger partial charge in [0.25, 0.3) is 0 Å². The molecule has 5 rings (SSSR count). The highest BCUT2D eigenvalue weighted by atomic mass is 35.5. The molecule has 4 aromatic rings. The average molecular weight is 537 g/mol. The molecule has 0 radical (unpaired) electrons. The molecule has 2 atom stereocenters. The summed E-state index contributed by atoms with van der Waals surface area (Å²) in [4.78, 5) is 34.3. The topological polar surface area (TPSA) is 141 Å². The number of nitrogens with zero attached hydrogens (tertiary/aromatic N) is 2. The van der Waals surface area contributed by atoms with E-state index in [0.717, 1.165) is 10.2 Å². The highest BCUT2D eigenvalue weighted by molar-refractivity contribution is 7.22. The van der Waals surface area contributed by atoms with Gasteiger partial charge in [0.15, 0.2) is 10.9 Å². The standard InChI is InChI=1S/C27H25ClN4O4S/c1-26(24(29)34)13-36-23-17(26)12-21(32-22(23)14-3-6-16(28)7-4-14)27(2,35)10-9-19(33)15-5-8-18-20(11-15)37-25(30)31-18/h3-8,11-12,35H,9-10,13H2,1-2H3,(H2,29,34)(H2,30,31)/t26-,27-/m0/s1. The van der Waals surface area contributed by atoms with Crippen LogP contribution in [0.1, 0.15) is 48.3 Å². The largest absolute Gasteiger partial charge is 0.489 e. The Morgan fingerprint density at radius 3 is 2.62 bits per heavy atom. The van der Waals surface area contributed by atoms with Crippen molar-refractivity contribution in [2.45, 2.75) is 37.7 Å². The Morgan fingerprint density at radius 1 is 1.19 bits per heavy atom. The zero-order chi connectivity index (χ0) is 26.5. The second kappa shape index (κ2) is 9.09. The Balaban J connectivity index is 1.49. The molecule has 10 heteroatoms. The third-order valence-corrected chi connectivity index (χ3v) is 7.95. The molecule has 2 aromatic carbocycles. The minimum absolute atomic E-state index is 0.0641. The fraction of sp³-hybridized carbons (Fsp3) is 0.259. The molecule has 5 N–H and O–H groups in total. The number of ketones is 1. The summed E-state index contributed by atoms with van der Waals surface area (Å²) in [6, 6.07) is 13.9. The van der Waals surface area contributed by atoms with Crippen LogP contribution in [0, 0.1) is 0 Å². The van der Waals surface area contributed by atoms with E-state index in [1.807, 2.05) is 0 Å². The third kappa shape index (κ3) is 4.54. The van der Waals surface area contributed by atoms with Crippen LogP contribution in [-0.4, -0.2) is 33.4 Å². The zero-order valence-electron chi connectivity index (χ0n) is 20.2. The van der Waals surface area contributed by atoms with Gasteiger partial charge < -0.3 is 21.3 Å². The van der Waals surface area contributed by atoms with Gasteiger partial charge in [-0.3, -0.25) is 9.59 Å². The molecule has 1 aliphatic heterocycles. The molecule has 0 aliphatic carbocycles. The van der Waals surface area contributed by atoms with Crippen molar-refractivity contribution >= 4 is 50.0 Å². The number of nitrogen functional groups attached to an aromatic ring is 1. The molecule has 190 valence electrons. The number of aromatic nitrogens is 2. The molecule has 0 saturated heterocycles. The van der Waals surface area contributed by atoms with Crippen molar-refractivity contribution in [3.63, 3.8) is 0 Å². The second-order valence-electron chi connectivity index (χ2n) is 9.66. The van der Waals surface area contributed by atoms with Crippen LogP contribution in [0.15, 0.2) is 48.5 Å². The van der Waals surface area contributed by atoms with E-state index in [9.17, 15) is 14.7 Å². The van der Waals surface area contributed by atoms with E-state index in [2.05, 4.69) is 4.98 Å². The van der Waals surface area contributed by atoms with Gasteiger partial charge in [-0.05, 0) is 56.7 Å². The number of primary amides is 1. The van der Waals surface area contributed by atoms with Gasteiger partial charge in [0, 0.05) is 28.1 Å². The van der Waals surface area contributed by atoms with Crippen molar-refractivity contribution in [1.29, 1.82) is 0 Å². The van der Waals surface area contributed by atoms with E-state index in [1.165, 1.54) is 11.3 Å². The summed E-state index contributed by atoms with van der Waals surface area (Å²) < 4.78 is 6.73. The number of pyridine rings is 1. The van der Waals surface area contributed by atoms with Gasteiger partial charge in [-0.1, -0.05) is 35.1 Å². The Morgan fingerprint density at radius 2 is 1.92 bits per heavy atom. The Kier molecular flexibility index (Phi) is 6.18. The maximum Gasteiger partial charge on any atom is 0.231 e. The number of carbonyl (C=O) groups is 2. The van der Waals surface area contributed by atoms with Gasteiger partial charge in [-0.2, -0.15) is 0 Å². The predicted molar refractivity (Wildman–Crippen MR) is 144 cm³/mol. The highest BCUT2D eigenvalue weighted by Gasteiger charge is 2.45. The molecule has 2 aromatic heterocycles. The number of hydrogen-bond acceptors (Lipinski definition) is 8. The number of ether oxygens (including phenoxy) is 1. The molecular formula is C27H25ClN4O4S. The number of rotatable bonds is 7. The molecular weight excluding hydrogens is 512 g/mol. The molecule has 0 unspecified atom stereocenters. The molecule has 8 nitrogen and oxygen atoms in total. The number of Topliss-reactive ketones (excluding diaryl/α,β-unsaturated/α-hetero) is 1. The van der Waals surface area contributed by atoms with Gasteiger partial charge in [0.05, 0.1) is 15.9 Å². The smallest absolute Gasteiger partial charge is 0.231 e. The maximum absolute atomic E-state index is 13.0. The van der Waals surface area contributed by atoms with Crippen molar-refractivity contribution in [2.75, 3.05) is 12.3 Å². The summed E-state index contributed by atoms with van der Waals surface area (Å²) >= 11 is 7.38. The normalized spacial score (nSPS) is 18.3. The van der Waals surface area contributed by atoms with Crippen LogP contribution in [0.3, 0.4) is 0 Å². The first-order valence-electron chi connectivity index (χ1n) is 11.6. The lowest BCUT2D eigenvalue weighted by Gasteiger charge is -2.26. The summed E-state index contributed by atoms with van der Waals surface area (Å²) in [6.45, 7) is 3.37. The number of hydrogen-bond donors (Lipinski definition) is 3. The maximum atomic E-state index is 13.0. The van der Waals surface area contributed by atoms with Crippen LogP contribution in [0.2, 0.25) is 5.02 Å². The molecule has 0 spiro atoms. The van der Waals surface area contributed by atoms with Gasteiger partial charge >= 0.3 is 0 Å². The van der Waals surface area contributed by atoms with Crippen molar-refractivity contribution < 1.29 is 19.4 Å². The third-order valence-electron chi connectivity index (χ3n) is 6.85. The fourth-order valence-corrected chi connectivity index (χ4v) is 5.31. The number of nitrogens with two attached hydrogens (primary N) is 2. The summed E-state index contributed by atoms with van der Waals surface area (Å²) in [5, 5.41) is 12.5. The molecule has 1 amide bonds. The number of carbonyl (C=O) groups excluding carboxylic acids is 2. The average Bonchev–Trinajstić information content (AvgIpc) is 3.41. The minimum atomic E-state index is -1.48. The van der Waals surface area contributed by atoms with Gasteiger partial charge in [0.2, 0.25) is 5.91 Å². The van der Waals surface area contributed by atoms with Crippen molar-refractivity contribution in [1.82, 2.24) is 9.97 Å². The lowest BCUT2D eigenvalue weighted by atomic mass is 9.81. The van der Waals surface area contributed by atoms with Crippen LogP contribution >= 0.6 is 22.9 Å². The van der Waals surface area contributed by atoms with E-state index >= 15 is 0 Å². The van der Waals surface area contributed by atoms with E-state index in [0.29, 0.717) is 44.0 Å². The Labute approximate surface area is 222 Å².